The Hall–Kier alpha value is -3.60. The molecule has 0 saturated carbocycles. The fraction of sp³-hybridized carbons (Fsp3) is 0.286. The normalized spacial score (nSPS) is 12.1. The summed E-state index contributed by atoms with van der Waals surface area (Å²) in [5.74, 6) is 0.0273. The SMILES string of the molecule is CC(=O)N(C)CC(Cc1ccc(C)cc1)n1c(=N)n(Cc2ccc(C)cc2)c2ccccc21. The Morgan fingerprint density at radius 1 is 0.879 bits per heavy atom. The van der Waals surface area contributed by atoms with E-state index in [1.807, 2.05) is 19.2 Å². The molecule has 33 heavy (non-hydrogen) atoms. The van der Waals surface area contributed by atoms with Crippen molar-refractivity contribution < 1.29 is 4.79 Å². The number of carbonyl (C=O) groups excluding carboxylic acids is 1. The minimum atomic E-state index is -0.0572. The van der Waals surface area contributed by atoms with E-state index in [0.29, 0.717) is 18.7 Å². The summed E-state index contributed by atoms with van der Waals surface area (Å²) in [6.07, 6.45) is 0.743. The van der Waals surface area contributed by atoms with Crippen LogP contribution in [0.4, 0.5) is 0 Å². The summed E-state index contributed by atoms with van der Waals surface area (Å²) < 4.78 is 4.17. The van der Waals surface area contributed by atoms with Crippen LogP contribution in [0.25, 0.3) is 11.0 Å². The van der Waals surface area contributed by atoms with E-state index in [1.54, 1.807) is 11.8 Å². The number of rotatable bonds is 7. The van der Waals surface area contributed by atoms with Crippen LogP contribution in [0.2, 0.25) is 0 Å². The highest BCUT2D eigenvalue weighted by Crippen LogP contribution is 2.22. The molecule has 0 fully saturated rings. The molecule has 170 valence electrons. The van der Waals surface area contributed by atoms with Gasteiger partial charge < -0.3 is 14.0 Å². The topological polar surface area (TPSA) is 54.0 Å². The smallest absolute Gasteiger partial charge is 0.219 e. The molecule has 0 aliphatic carbocycles. The van der Waals surface area contributed by atoms with Gasteiger partial charge in [0.1, 0.15) is 0 Å². The number of imidazole rings is 1. The highest BCUT2D eigenvalue weighted by atomic mass is 16.2. The lowest BCUT2D eigenvalue weighted by Crippen LogP contribution is -2.37. The number of nitrogens with zero attached hydrogens (tertiary/aromatic N) is 3. The summed E-state index contributed by atoms with van der Waals surface area (Å²) in [6.45, 7) is 6.93. The van der Waals surface area contributed by atoms with Crippen molar-refractivity contribution in [1.82, 2.24) is 14.0 Å². The average molecular weight is 441 g/mol. The molecule has 1 heterocycles. The molecule has 3 aromatic carbocycles. The second kappa shape index (κ2) is 9.49. The number of fused-ring (bicyclic) bond motifs is 1. The summed E-state index contributed by atoms with van der Waals surface area (Å²) in [5, 5.41) is 9.17. The van der Waals surface area contributed by atoms with E-state index in [0.717, 1.165) is 23.0 Å². The molecule has 0 radical (unpaired) electrons. The number of hydrogen-bond donors (Lipinski definition) is 1. The predicted molar refractivity (Wildman–Crippen MR) is 133 cm³/mol. The van der Waals surface area contributed by atoms with Crippen molar-refractivity contribution >= 4 is 16.9 Å². The molecule has 0 saturated heterocycles. The van der Waals surface area contributed by atoms with E-state index in [4.69, 9.17) is 0 Å². The Balaban J connectivity index is 1.81. The van der Waals surface area contributed by atoms with E-state index >= 15 is 0 Å². The quantitative estimate of drug-likeness (QED) is 0.439. The Morgan fingerprint density at radius 2 is 1.42 bits per heavy atom. The van der Waals surface area contributed by atoms with Gasteiger partial charge in [-0.25, -0.2) is 0 Å². The van der Waals surface area contributed by atoms with Crippen molar-refractivity contribution in [2.24, 2.45) is 0 Å². The van der Waals surface area contributed by atoms with Gasteiger partial charge in [-0.1, -0.05) is 71.8 Å². The molecule has 0 spiro atoms. The Morgan fingerprint density at radius 3 is 2.00 bits per heavy atom. The van der Waals surface area contributed by atoms with Crippen LogP contribution in [0.15, 0.2) is 72.8 Å². The predicted octanol–water partition coefficient (Wildman–Crippen LogP) is 4.85. The number of nitrogens with one attached hydrogen (secondary N) is 1. The van der Waals surface area contributed by atoms with Crippen LogP contribution in [-0.4, -0.2) is 33.5 Å². The summed E-state index contributed by atoms with van der Waals surface area (Å²) in [7, 11) is 1.83. The fourth-order valence-corrected chi connectivity index (χ4v) is 4.34. The van der Waals surface area contributed by atoms with E-state index in [2.05, 4.69) is 83.6 Å². The molecule has 4 aromatic rings. The summed E-state index contributed by atoms with van der Waals surface area (Å²) in [4.78, 5) is 13.8. The number of likely N-dealkylation sites (N-methyl/N-ethyl adjacent to an activating group) is 1. The zero-order chi connectivity index (χ0) is 23.5. The van der Waals surface area contributed by atoms with Crippen LogP contribution in [-0.2, 0) is 17.8 Å². The third-order valence-corrected chi connectivity index (χ3v) is 6.36. The van der Waals surface area contributed by atoms with Gasteiger partial charge >= 0.3 is 0 Å². The summed E-state index contributed by atoms with van der Waals surface area (Å²) in [6, 6.07) is 25.1. The number of aromatic nitrogens is 2. The minimum absolute atomic E-state index is 0.0273. The molecular formula is C28H32N4O. The molecule has 4 rings (SSSR count). The van der Waals surface area contributed by atoms with Crippen LogP contribution in [0.3, 0.4) is 0 Å². The third kappa shape index (κ3) is 4.92. The Bertz CT molecular complexity index is 1310. The fourth-order valence-electron chi connectivity index (χ4n) is 4.34. The van der Waals surface area contributed by atoms with Gasteiger partial charge in [0, 0.05) is 20.5 Å². The second-order valence-electron chi connectivity index (χ2n) is 9.00. The van der Waals surface area contributed by atoms with E-state index in [-0.39, 0.29) is 11.9 Å². The highest BCUT2D eigenvalue weighted by Gasteiger charge is 2.22. The molecule has 0 aliphatic heterocycles. The maximum absolute atomic E-state index is 12.1. The minimum Gasteiger partial charge on any atom is -0.344 e. The molecule has 1 atom stereocenters. The maximum atomic E-state index is 12.1. The van der Waals surface area contributed by atoms with E-state index in [9.17, 15) is 10.2 Å². The number of para-hydroxylation sites is 2. The number of hydrogen-bond acceptors (Lipinski definition) is 2. The van der Waals surface area contributed by atoms with Gasteiger partial charge in [-0.15, -0.1) is 0 Å². The highest BCUT2D eigenvalue weighted by molar-refractivity contribution is 5.76. The van der Waals surface area contributed by atoms with Crippen LogP contribution < -0.4 is 5.62 Å². The van der Waals surface area contributed by atoms with Crippen molar-refractivity contribution in [1.29, 1.82) is 5.41 Å². The first-order valence-corrected chi connectivity index (χ1v) is 11.4. The first kappa shape index (κ1) is 22.6. The molecule has 1 amide bonds. The standard InChI is InChI=1S/C28H32N4O/c1-20-9-13-23(14-10-20)17-25(19-30(4)22(3)33)32-27-8-6-5-7-26(27)31(28(32)29)18-24-15-11-21(2)12-16-24/h5-16,25,29H,17-19H2,1-4H3. The number of benzene rings is 3. The molecule has 5 heteroatoms. The first-order chi connectivity index (χ1) is 15.8. The lowest BCUT2D eigenvalue weighted by Gasteiger charge is -2.25. The van der Waals surface area contributed by atoms with Gasteiger partial charge in [0.05, 0.1) is 23.6 Å². The monoisotopic (exact) mass is 440 g/mol. The second-order valence-corrected chi connectivity index (χ2v) is 9.00. The summed E-state index contributed by atoms with van der Waals surface area (Å²) in [5.41, 5.74) is 7.31. The average Bonchev–Trinajstić information content (AvgIpc) is 3.07. The van der Waals surface area contributed by atoms with Crippen molar-refractivity contribution in [3.8, 4) is 0 Å². The van der Waals surface area contributed by atoms with Gasteiger partial charge in [-0.2, -0.15) is 0 Å². The van der Waals surface area contributed by atoms with Gasteiger partial charge in [0.25, 0.3) is 0 Å². The maximum Gasteiger partial charge on any atom is 0.219 e. The number of carbonyl (C=O) groups is 1. The van der Waals surface area contributed by atoms with E-state index < -0.39 is 0 Å². The van der Waals surface area contributed by atoms with Gasteiger partial charge in [0.15, 0.2) is 0 Å². The lowest BCUT2D eigenvalue weighted by molar-refractivity contribution is -0.128. The lowest BCUT2D eigenvalue weighted by atomic mass is 10.0. The van der Waals surface area contributed by atoms with Crippen molar-refractivity contribution in [2.75, 3.05) is 13.6 Å². The third-order valence-electron chi connectivity index (χ3n) is 6.36. The largest absolute Gasteiger partial charge is 0.344 e. The molecule has 1 aromatic heterocycles. The number of amides is 1. The van der Waals surface area contributed by atoms with Gasteiger partial charge in [-0.05, 0) is 43.5 Å². The molecule has 5 nitrogen and oxygen atoms in total. The summed E-state index contributed by atoms with van der Waals surface area (Å²) >= 11 is 0. The van der Waals surface area contributed by atoms with Crippen LogP contribution in [0, 0.1) is 19.3 Å². The number of aryl methyl sites for hydroxylation is 2. The van der Waals surface area contributed by atoms with Crippen molar-refractivity contribution in [3.05, 3.63) is 101 Å². The molecular weight excluding hydrogens is 408 g/mol. The zero-order valence-corrected chi connectivity index (χ0v) is 19.9. The molecule has 1 N–H and O–H groups in total. The van der Waals surface area contributed by atoms with Crippen LogP contribution >= 0.6 is 0 Å². The molecule has 1 unspecified atom stereocenters. The van der Waals surface area contributed by atoms with E-state index in [1.165, 1.54) is 16.7 Å². The van der Waals surface area contributed by atoms with Gasteiger partial charge in [0.2, 0.25) is 11.5 Å². The molecule has 0 aliphatic rings. The Kier molecular flexibility index (Phi) is 6.50. The van der Waals surface area contributed by atoms with Gasteiger partial charge in [-0.3, -0.25) is 10.2 Å². The molecule has 0 bridgehead atoms. The Labute approximate surface area is 195 Å². The van der Waals surface area contributed by atoms with Crippen LogP contribution in [0.5, 0.6) is 0 Å². The van der Waals surface area contributed by atoms with Crippen molar-refractivity contribution in [2.45, 2.75) is 39.8 Å². The van der Waals surface area contributed by atoms with Crippen molar-refractivity contribution in [3.63, 3.8) is 0 Å². The zero-order valence-electron chi connectivity index (χ0n) is 19.9. The van der Waals surface area contributed by atoms with Crippen LogP contribution in [0.1, 0.15) is 35.2 Å². The first-order valence-electron chi connectivity index (χ1n) is 11.4.